The van der Waals surface area contributed by atoms with E-state index in [0.29, 0.717) is 11.2 Å². The molecule has 3 aromatic rings. The Morgan fingerprint density at radius 1 is 1.07 bits per heavy atom. The van der Waals surface area contributed by atoms with Crippen LogP contribution in [0.5, 0.6) is 0 Å². The Morgan fingerprint density at radius 3 is 2.79 bits per heavy atom. The van der Waals surface area contributed by atoms with Gasteiger partial charge in [-0.1, -0.05) is 36.4 Å². The van der Waals surface area contributed by atoms with E-state index in [1.807, 2.05) is 30.3 Å². The molecule has 2 aliphatic heterocycles. The molecular weight excluding hydrogens is 378 g/mol. The van der Waals surface area contributed by atoms with Crippen molar-refractivity contribution < 1.29 is 0 Å². The molecule has 5 rings (SSSR count). The molecule has 3 heterocycles. The van der Waals surface area contributed by atoms with E-state index in [1.54, 1.807) is 0 Å². The standard InChI is InChI=1S/C23H27N5S/c29-23(25-17-6-2-1-3-7-17)24-10-11-27-12-13-28-16-22-20(14-18(28)15-27)19-8-4-5-9-21(19)26-22/h1-9,18,26H,10-16H2,(H2,24,25,29)/t18-/m1/s1. The minimum atomic E-state index is 0.602. The zero-order chi connectivity index (χ0) is 19.6. The number of rotatable bonds is 4. The second-order valence-electron chi connectivity index (χ2n) is 8.00. The lowest BCUT2D eigenvalue weighted by Gasteiger charge is -2.44. The SMILES string of the molecule is S=C(NCCN1CCN2Cc3[nH]c4ccccc4c3C[C@@H]2C1)Nc1ccccc1. The van der Waals surface area contributed by atoms with Gasteiger partial charge in [-0.15, -0.1) is 0 Å². The van der Waals surface area contributed by atoms with Gasteiger partial charge in [-0.2, -0.15) is 0 Å². The molecule has 0 aliphatic carbocycles. The van der Waals surface area contributed by atoms with Crippen LogP contribution in [0, 0.1) is 0 Å². The highest BCUT2D eigenvalue weighted by Gasteiger charge is 2.32. The summed E-state index contributed by atoms with van der Waals surface area (Å²) in [7, 11) is 0. The van der Waals surface area contributed by atoms with Crippen LogP contribution in [0.15, 0.2) is 54.6 Å². The van der Waals surface area contributed by atoms with Gasteiger partial charge in [0, 0.05) is 67.6 Å². The largest absolute Gasteiger partial charge is 0.361 e. The van der Waals surface area contributed by atoms with E-state index in [9.17, 15) is 0 Å². The molecule has 0 bridgehead atoms. The fourth-order valence-corrected chi connectivity index (χ4v) is 4.87. The number of aromatic amines is 1. The number of benzene rings is 2. The van der Waals surface area contributed by atoms with Crippen molar-refractivity contribution in [2.24, 2.45) is 0 Å². The van der Waals surface area contributed by atoms with Crippen LogP contribution in [0.1, 0.15) is 11.3 Å². The fraction of sp³-hybridized carbons (Fsp3) is 0.348. The molecule has 1 saturated heterocycles. The first kappa shape index (κ1) is 18.6. The van der Waals surface area contributed by atoms with Gasteiger partial charge in [0.15, 0.2) is 5.11 Å². The molecule has 1 atom stereocenters. The molecule has 0 spiro atoms. The molecule has 1 aromatic heterocycles. The number of hydrogen-bond acceptors (Lipinski definition) is 3. The van der Waals surface area contributed by atoms with E-state index >= 15 is 0 Å². The van der Waals surface area contributed by atoms with Crippen molar-refractivity contribution in [2.75, 3.05) is 38.0 Å². The van der Waals surface area contributed by atoms with E-state index < -0.39 is 0 Å². The normalized spacial score (nSPS) is 19.5. The number of piperazine rings is 1. The molecule has 0 unspecified atom stereocenters. The number of anilines is 1. The summed E-state index contributed by atoms with van der Waals surface area (Å²) in [6.45, 7) is 6.30. The van der Waals surface area contributed by atoms with Crippen LogP contribution in [0.25, 0.3) is 10.9 Å². The van der Waals surface area contributed by atoms with Gasteiger partial charge in [0.05, 0.1) is 0 Å². The highest BCUT2D eigenvalue weighted by atomic mass is 32.1. The van der Waals surface area contributed by atoms with Gasteiger partial charge in [-0.25, -0.2) is 0 Å². The molecular formula is C23H27N5S. The maximum atomic E-state index is 5.42. The van der Waals surface area contributed by atoms with E-state index in [0.717, 1.165) is 51.4 Å². The zero-order valence-corrected chi connectivity index (χ0v) is 17.3. The molecule has 5 nitrogen and oxygen atoms in total. The Kier molecular flexibility index (Phi) is 5.23. The third kappa shape index (κ3) is 4.01. The number of nitrogens with zero attached hydrogens (tertiary/aromatic N) is 2. The second-order valence-corrected chi connectivity index (χ2v) is 8.41. The van der Waals surface area contributed by atoms with Gasteiger partial charge in [-0.3, -0.25) is 9.80 Å². The minimum Gasteiger partial charge on any atom is -0.361 e. The summed E-state index contributed by atoms with van der Waals surface area (Å²) in [6, 6.07) is 19.4. The number of aromatic nitrogens is 1. The maximum absolute atomic E-state index is 5.42. The summed E-state index contributed by atoms with van der Waals surface area (Å²) < 4.78 is 0. The summed E-state index contributed by atoms with van der Waals surface area (Å²) in [5.41, 5.74) is 5.23. The van der Waals surface area contributed by atoms with Crippen LogP contribution < -0.4 is 10.6 Å². The number of nitrogens with one attached hydrogen (secondary N) is 3. The van der Waals surface area contributed by atoms with E-state index in [1.165, 1.54) is 22.2 Å². The predicted molar refractivity (Wildman–Crippen MR) is 123 cm³/mol. The van der Waals surface area contributed by atoms with Crippen LogP contribution in [-0.2, 0) is 13.0 Å². The molecule has 6 heteroatoms. The Hall–Kier alpha value is -2.41. The van der Waals surface area contributed by atoms with Gasteiger partial charge < -0.3 is 15.6 Å². The van der Waals surface area contributed by atoms with Crippen molar-refractivity contribution in [1.29, 1.82) is 0 Å². The zero-order valence-electron chi connectivity index (χ0n) is 16.5. The van der Waals surface area contributed by atoms with E-state index in [-0.39, 0.29) is 0 Å². The third-order valence-electron chi connectivity index (χ3n) is 6.14. The predicted octanol–water partition coefficient (Wildman–Crippen LogP) is 3.20. The first-order chi connectivity index (χ1) is 14.3. The number of H-pyrrole nitrogens is 1. The number of fused-ring (bicyclic) bond motifs is 4. The van der Waals surface area contributed by atoms with Crippen LogP contribution in [0.2, 0.25) is 0 Å². The summed E-state index contributed by atoms with van der Waals surface area (Å²) >= 11 is 5.42. The van der Waals surface area contributed by atoms with Crippen LogP contribution in [0.4, 0.5) is 5.69 Å². The highest BCUT2D eigenvalue weighted by Crippen LogP contribution is 2.31. The first-order valence-electron chi connectivity index (χ1n) is 10.4. The maximum Gasteiger partial charge on any atom is 0.170 e. The molecule has 150 valence electrons. The summed E-state index contributed by atoms with van der Waals surface area (Å²) in [4.78, 5) is 8.85. The average molecular weight is 406 g/mol. The smallest absolute Gasteiger partial charge is 0.170 e. The van der Waals surface area contributed by atoms with Gasteiger partial charge in [0.2, 0.25) is 0 Å². The Morgan fingerprint density at radius 2 is 1.90 bits per heavy atom. The molecule has 3 N–H and O–H groups in total. The summed E-state index contributed by atoms with van der Waals surface area (Å²) in [5.74, 6) is 0. The van der Waals surface area contributed by atoms with Crippen molar-refractivity contribution in [3.63, 3.8) is 0 Å². The number of para-hydroxylation sites is 2. The lowest BCUT2D eigenvalue weighted by molar-refractivity contribution is 0.0613. The van der Waals surface area contributed by atoms with Crippen LogP contribution in [-0.4, -0.2) is 58.7 Å². The molecule has 0 amide bonds. The van der Waals surface area contributed by atoms with Crippen molar-refractivity contribution in [1.82, 2.24) is 20.1 Å². The van der Waals surface area contributed by atoms with Crippen molar-refractivity contribution >= 4 is 33.9 Å². The van der Waals surface area contributed by atoms with Gasteiger partial charge >= 0.3 is 0 Å². The Bertz CT molecular complexity index is 999. The van der Waals surface area contributed by atoms with Gasteiger partial charge in [-0.05, 0) is 42.4 Å². The van der Waals surface area contributed by atoms with Crippen molar-refractivity contribution in [3.8, 4) is 0 Å². The Balaban J connectivity index is 1.15. The average Bonchev–Trinajstić information content (AvgIpc) is 3.10. The van der Waals surface area contributed by atoms with Crippen molar-refractivity contribution in [3.05, 3.63) is 65.9 Å². The minimum absolute atomic E-state index is 0.602. The first-order valence-corrected chi connectivity index (χ1v) is 10.8. The number of thiocarbonyl (C=S) groups is 1. The molecule has 29 heavy (non-hydrogen) atoms. The third-order valence-corrected chi connectivity index (χ3v) is 6.38. The summed E-state index contributed by atoms with van der Waals surface area (Å²) in [5, 5.41) is 8.68. The molecule has 1 fully saturated rings. The topological polar surface area (TPSA) is 46.3 Å². The monoisotopic (exact) mass is 405 g/mol. The molecule has 0 saturated carbocycles. The van der Waals surface area contributed by atoms with Crippen molar-refractivity contribution in [2.45, 2.75) is 19.0 Å². The van der Waals surface area contributed by atoms with Crippen LogP contribution in [0.3, 0.4) is 0 Å². The quantitative estimate of drug-likeness (QED) is 0.582. The fourth-order valence-electron chi connectivity index (χ4n) is 4.65. The van der Waals surface area contributed by atoms with Gasteiger partial charge in [0.1, 0.15) is 0 Å². The van der Waals surface area contributed by atoms with E-state index in [2.05, 4.69) is 49.7 Å². The molecule has 0 radical (unpaired) electrons. The molecule has 2 aromatic carbocycles. The molecule has 2 aliphatic rings. The number of hydrogen-bond donors (Lipinski definition) is 3. The van der Waals surface area contributed by atoms with Gasteiger partial charge in [0.25, 0.3) is 0 Å². The van der Waals surface area contributed by atoms with E-state index in [4.69, 9.17) is 12.2 Å². The van der Waals surface area contributed by atoms with Crippen LogP contribution >= 0.6 is 12.2 Å². The lowest BCUT2D eigenvalue weighted by atomic mass is 9.95. The summed E-state index contributed by atoms with van der Waals surface area (Å²) in [6.07, 6.45) is 1.14. The lowest BCUT2D eigenvalue weighted by Crippen LogP contribution is -2.56. The second kappa shape index (κ2) is 8.14. The highest BCUT2D eigenvalue weighted by molar-refractivity contribution is 7.80. The Labute approximate surface area is 177 Å².